The summed E-state index contributed by atoms with van der Waals surface area (Å²) < 4.78 is 0. The monoisotopic (exact) mass is 153 g/mol. The Labute approximate surface area is 63.1 Å². The summed E-state index contributed by atoms with van der Waals surface area (Å²) in [4.78, 5) is 0. The molecule has 54 valence electrons. The van der Waals surface area contributed by atoms with Gasteiger partial charge in [0.05, 0.1) is 0 Å². The Morgan fingerprint density at radius 2 is 1.90 bits per heavy atom. The van der Waals surface area contributed by atoms with Crippen LogP contribution in [0.1, 0.15) is 5.56 Å². The molecule has 1 nitrogen and oxygen atoms in total. The van der Waals surface area contributed by atoms with E-state index in [-0.39, 0.29) is 8.07 Å². The predicted molar refractivity (Wildman–Crippen MR) is 47.2 cm³/mol. The van der Waals surface area contributed by atoms with Crippen LogP contribution in [-0.4, -0.2) is 6.66 Å². The van der Waals surface area contributed by atoms with Gasteiger partial charge in [-0.05, 0) is 20.3 Å². The SMILES string of the molecule is CP(N)Cc1ccccc1. The van der Waals surface area contributed by atoms with Crippen molar-refractivity contribution < 1.29 is 0 Å². The first-order valence-corrected chi connectivity index (χ1v) is 5.33. The van der Waals surface area contributed by atoms with Gasteiger partial charge in [0.25, 0.3) is 0 Å². The fourth-order valence-electron chi connectivity index (χ4n) is 0.871. The lowest BCUT2D eigenvalue weighted by Gasteiger charge is -2.03. The number of hydrogen-bond acceptors (Lipinski definition) is 1. The van der Waals surface area contributed by atoms with Crippen molar-refractivity contribution in [3.63, 3.8) is 0 Å². The zero-order valence-electron chi connectivity index (χ0n) is 6.12. The molecule has 0 spiro atoms. The van der Waals surface area contributed by atoms with Crippen LogP contribution in [0.25, 0.3) is 0 Å². The molecular weight excluding hydrogens is 141 g/mol. The van der Waals surface area contributed by atoms with Gasteiger partial charge in [-0.15, -0.1) is 0 Å². The lowest BCUT2D eigenvalue weighted by Crippen LogP contribution is -1.89. The van der Waals surface area contributed by atoms with E-state index in [0.29, 0.717) is 0 Å². The largest absolute Gasteiger partial charge is 0.310 e. The molecule has 1 aromatic carbocycles. The van der Waals surface area contributed by atoms with E-state index in [0.717, 1.165) is 6.16 Å². The number of hydrogen-bond donors (Lipinski definition) is 1. The Bertz CT molecular complexity index is 184. The minimum Gasteiger partial charge on any atom is -0.310 e. The van der Waals surface area contributed by atoms with E-state index in [1.54, 1.807) is 0 Å². The first-order chi connectivity index (χ1) is 4.79. The van der Waals surface area contributed by atoms with Gasteiger partial charge in [0.15, 0.2) is 0 Å². The van der Waals surface area contributed by atoms with Crippen LogP contribution >= 0.6 is 8.07 Å². The maximum atomic E-state index is 5.69. The average Bonchev–Trinajstić information content (AvgIpc) is 1.88. The van der Waals surface area contributed by atoms with E-state index in [2.05, 4.69) is 18.8 Å². The van der Waals surface area contributed by atoms with Crippen LogP contribution in [0, 0.1) is 0 Å². The van der Waals surface area contributed by atoms with Crippen molar-refractivity contribution in [3.05, 3.63) is 35.9 Å². The molecule has 10 heavy (non-hydrogen) atoms. The Morgan fingerprint density at radius 1 is 1.30 bits per heavy atom. The fourth-order valence-corrected chi connectivity index (χ4v) is 1.66. The van der Waals surface area contributed by atoms with E-state index in [4.69, 9.17) is 5.50 Å². The lowest BCUT2D eigenvalue weighted by atomic mass is 10.2. The molecule has 0 amide bonds. The maximum absolute atomic E-state index is 5.69. The molecule has 0 fully saturated rings. The molecule has 2 heteroatoms. The highest BCUT2D eigenvalue weighted by Crippen LogP contribution is 2.24. The second-order valence-electron chi connectivity index (χ2n) is 2.40. The van der Waals surface area contributed by atoms with Gasteiger partial charge < -0.3 is 5.50 Å². The zero-order chi connectivity index (χ0) is 7.40. The maximum Gasteiger partial charge on any atom is 0.00534 e. The van der Waals surface area contributed by atoms with Crippen molar-refractivity contribution in [1.82, 2.24) is 0 Å². The fraction of sp³-hybridized carbons (Fsp3) is 0.250. The molecule has 0 aliphatic heterocycles. The molecule has 0 heterocycles. The van der Waals surface area contributed by atoms with Crippen LogP contribution in [0.2, 0.25) is 0 Å². The molecule has 0 saturated heterocycles. The van der Waals surface area contributed by atoms with Gasteiger partial charge in [-0.1, -0.05) is 30.3 Å². The first kappa shape index (κ1) is 7.71. The van der Waals surface area contributed by atoms with E-state index < -0.39 is 0 Å². The minimum absolute atomic E-state index is 0.277. The summed E-state index contributed by atoms with van der Waals surface area (Å²) in [5.41, 5.74) is 7.04. The van der Waals surface area contributed by atoms with Crippen LogP contribution in [0.3, 0.4) is 0 Å². The highest BCUT2D eigenvalue weighted by molar-refractivity contribution is 7.53. The third kappa shape index (κ3) is 2.47. The van der Waals surface area contributed by atoms with Crippen LogP contribution in [0.5, 0.6) is 0 Å². The molecule has 0 aromatic heterocycles. The van der Waals surface area contributed by atoms with Gasteiger partial charge in [-0.25, -0.2) is 0 Å². The molecule has 1 atom stereocenters. The molecule has 1 aromatic rings. The summed E-state index contributed by atoms with van der Waals surface area (Å²) in [6, 6.07) is 10.4. The van der Waals surface area contributed by atoms with E-state index in [1.165, 1.54) is 5.56 Å². The summed E-state index contributed by atoms with van der Waals surface area (Å²) in [7, 11) is -0.277. The van der Waals surface area contributed by atoms with Crippen molar-refractivity contribution in [3.8, 4) is 0 Å². The quantitative estimate of drug-likeness (QED) is 0.647. The highest BCUT2D eigenvalue weighted by Gasteiger charge is 1.93. The van der Waals surface area contributed by atoms with Gasteiger partial charge in [-0.2, -0.15) is 0 Å². The second-order valence-corrected chi connectivity index (χ2v) is 4.23. The van der Waals surface area contributed by atoms with Gasteiger partial charge in [-0.3, -0.25) is 0 Å². The average molecular weight is 153 g/mol. The van der Waals surface area contributed by atoms with E-state index in [1.807, 2.05) is 18.2 Å². The number of benzene rings is 1. The summed E-state index contributed by atoms with van der Waals surface area (Å²) in [6.07, 6.45) is 1.04. The summed E-state index contributed by atoms with van der Waals surface area (Å²) in [6.45, 7) is 2.09. The summed E-state index contributed by atoms with van der Waals surface area (Å²) >= 11 is 0. The van der Waals surface area contributed by atoms with E-state index >= 15 is 0 Å². The third-order valence-electron chi connectivity index (χ3n) is 1.27. The van der Waals surface area contributed by atoms with Crippen LogP contribution < -0.4 is 5.50 Å². The second kappa shape index (κ2) is 3.70. The predicted octanol–water partition coefficient (Wildman–Crippen LogP) is 2.17. The Kier molecular flexibility index (Phi) is 2.85. The first-order valence-electron chi connectivity index (χ1n) is 3.29. The standard InChI is InChI=1S/C8H12NP/c1-10(9)7-8-5-3-2-4-6-8/h2-6H,7,9H2,1H3. The summed E-state index contributed by atoms with van der Waals surface area (Å²) in [5, 5.41) is 0. The molecule has 0 saturated carbocycles. The summed E-state index contributed by atoms with van der Waals surface area (Å²) in [5.74, 6) is 0. The normalized spacial score (nSPS) is 13.0. The van der Waals surface area contributed by atoms with Crippen LogP contribution in [0.15, 0.2) is 30.3 Å². The van der Waals surface area contributed by atoms with Gasteiger partial charge in [0.1, 0.15) is 0 Å². The van der Waals surface area contributed by atoms with Crippen molar-refractivity contribution >= 4 is 8.07 Å². The Hall–Kier alpha value is -0.390. The van der Waals surface area contributed by atoms with Crippen molar-refractivity contribution in [2.24, 2.45) is 5.50 Å². The van der Waals surface area contributed by atoms with Crippen LogP contribution in [-0.2, 0) is 6.16 Å². The van der Waals surface area contributed by atoms with Crippen molar-refractivity contribution in [2.45, 2.75) is 6.16 Å². The molecule has 1 unspecified atom stereocenters. The molecule has 0 aliphatic carbocycles. The molecule has 2 N–H and O–H groups in total. The van der Waals surface area contributed by atoms with Gasteiger partial charge >= 0.3 is 0 Å². The van der Waals surface area contributed by atoms with Crippen LogP contribution in [0.4, 0.5) is 0 Å². The Morgan fingerprint density at radius 3 is 2.40 bits per heavy atom. The lowest BCUT2D eigenvalue weighted by molar-refractivity contribution is 1.39. The topological polar surface area (TPSA) is 26.0 Å². The Balaban J connectivity index is 2.59. The molecule has 0 aliphatic rings. The highest BCUT2D eigenvalue weighted by atomic mass is 31.1. The smallest absolute Gasteiger partial charge is 0.00534 e. The molecule has 0 radical (unpaired) electrons. The van der Waals surface area contributed by atoms with Gasteiger partial charge in [0.2, 0.25) is 0 Å². The van der Waals surface area contributed by atoms with Crippen molar-refractivity contribution in [1.29, 1.82) is 0 Å². The third-order valence-corrected chi connectivity index (χ3v) is 2.14. The minimum atomic E-state index is -0.277. The molecule has 1 rings (SSSR count). The van der Waals surface area contributed by atoms with Crippen molar-refractivity contribution in [2.75, 3.05) is 6.66 Å². The molecule has 0 bridgehead atoms. The number of rotatable bonds is 2. The van der Waals surface area contributed by atoms with E-state index in [9.17, 15) is 0 Å². The zero-order valence-corrected chi connectivity index (χ0v) is 7.01. The van der Waals surface area contributed by atoms with Gasteiger partial charge in [0, 0.05) is 6.16 Å². The molecular formula is C8H12NP. The number of nitrogens with two attached hydrogens (primary N) is 1.